The van der Waals surface area contributed by atoms with Crippen LogP contribution in [0.3, 0.4) is 0 Å². The fourth-order valence-electron chi connectivity index (χ4n) is 2.20. The van der Waals surface area contributed by atoms with Crippen LogP contribution in [0.2, 0.25) is 5.02 Å². The summed E-state index contributed by atoms with van der Waals surface area (Å²) in [6, 6.07) is 7.24. The molecule has 0 bridgehead atoms. The summed E-state index contributed by atoms with van der Waals surface area (Å²) in [4.78, 5) is 12.4. The third-order valence-electron chi connectivity index (χ3n) is 3.59. The number of rotatable bonds is 6. The first kappa shape index (κ1) is 16.4. The minimum absolute atomic E-state index is 0.0492. The number of aromatic nitrogens is 2. The van der Waals surface area contributed by atoms with E-state index >= 15 is 0 Å². The lowest BCUT2D eigenvalue weighted by molar-refractivity contribution is -0.124. The molecule has 2 aromatic rings. The van der Waals surface area contributed by atoms with Crippen molar-refractivity contribution < 1.29 is 9.53 Å². The van der Waals surface area contributed by atoms with Crippen LogP contribution >= 0.6 is 11.6 Å². The number of methoxy groups -OCH3 is 1. The number of ether oxygens (including phenoxy) is 1. The molecule has 5 nitrogen and oxygen atoms in total. The monoisotopic (exact) mass is 321 g/mol. The van der Waals surface area contributed by atoms with Crippen LogP contribution in [-0.4, -0.2) is 22.8 Å². The molecule has 0 saturated heterocycles. The van der Waals surface area contributed by atoms with E-state index in [2.05, 4.69) is 10.4 Å². The van der Waals surface area contributed by atoms with Crippen molar-refractivity contribution in [1.29, 1.82) is 0 Å². The Bertz CT molecular complexity index is 625. The van der Waals surface area contributed by atoms with Crippen LogP contribution in [0, 0.1) is 0 Å². The molecule has 2 rings (SSSR count). The van der Waals surface area contributed by atoms with Crippen molar-refractivity contribution in [2.45, 2.75) is 32.4 Å². The molecule has 2 atom stereocenters. The Morgan fingerprint density at radius 1 is 1.41 bits per heavy atom. The summed E-state index contributed by atoms with van der Waals surface area (Å²) < 4.78 is 6.70. The number of carbonyl (C=O) groups is 1. The van der Waals surface area contributed by atoms with Gasteiger partial charge in [-0.3, -0.25) is 9.48 Å². The van der Waals surface area contributed by atoms with E-state index in [9.17, 15) is 4.79 Å². The zero-order valence-corrected chi connectivity index (χ0v) is 13.7. The van der Waals surface area contributed by atoms with E-state index in [1.807, 2.05) is 31.2 Å². The molecular weight excluding hydrogens is 302 g/mol. The van der Waals surface area contributed by atoms with E-state index in [1.54, 1.807) is 24.9 Å². The maximum atomic E-state index is 12.4. The number of halogens is 1. The maximum Gasteiger partial charge on any atom is 0.245 e. The van der Waals surface area contributed by atoms with Gasteiger partial charge in [-0.1, -0.05) is 30.7 Å². The molecule has 1 heterocycles. The summed E-state index contributed by atoms with van der Waals surface area (Å²) in [5, 5.41) is 7.63. The van der Waals surface area contributed by atoms with Crippen LogP contribution < -0.4 is 10.1 Å². The maximum absolute atomic E-state index is 12.4. The van der Waals surface area contributed by atoms with Gasteiger partial charge in [0, 0.05) is 6.20 Å². The average Bonchev–Trinajstić information content (AvgIpc) is 2.98. The van der Waals surface area contributed by atoms with Gasteiger partial charge in [-0.15, -0.1) is 0 Å². The van der Waals surface area contributed by atoms with Crippen molar-refractivity contribution in [3.05, 3.63) is 47.2 Å². The molecule has 6 heteroatoms. The van der Waals surface area contributed by atoms with Crippen molar-refractivity contribution in [2.24, 2.45) is 0 Å². The highest BCUT2D eigenvalue weighted by Gasteiger charge is 2.20. The van der Waals surface area contributed by atoms with Gasteiger partial charge in [-0.25, -0.2) is 0 Å². The minimum atomic E-state index is -0.417. The van der Waals surface area contributed by atoms with Gasteiger partial charge in [0.25, 0.3) is 0 Å². The third kappa shape index (κ3) is 3.80. The van der Waals surface area contributed by atoms with E-state index in [4.69, 9.17) is 16.3 Å². The Morgan fingerprint density at radius 3 is 2.59 bits per heavy atom. The highest BCUT2D eigenvalue weighted by atomic mass is 35.5. The lowest BCUT2D eigenvalue weighted by Gasteiger charge is -2.20. The average molecular weight is 322 g/mol. The fourth-order valence-corrected chi connectivity index (χ4v) is 2.34. The molecule has 0 radical (unpaired) electrons. The number of carbonyl (C=O) groups excluding carboxylic acids is 1. The van der Waals surface area contributed by atoms with E-state index < -0.39 is 6.04 Å². The number of hydrogen-bond donors (Lipinski definition) is 1. The van der Waals surface area contributed by atoms with Crippen molar-refractivity contribution in [1.82, 2.24) is 15.1 Å². The second-order valence-corrected chi connectivity index (χ2v) is 5.49. The van der Waals surface area contributed by atoms with Gasteiger partial charge >= 0.3 is 0 Å². The molecule has 0 unspecified atom stereocenters. The normalized spacial score (nSPS) is 13.5. The number of amides is 1. The lowest BCUT2D eigenvalue weighted by Crippen LogP contribution is -2.34. The van der Waals surface area contributed by atoms with Crippen molar-refractivity contribution in [2.75, 3.05) is 7.11 Å². The summed E-state index contributed by atoms with van der Waals surface area (Å²) >= 11 is 5.84. The van der Waals surface area contributed by atoms with Crippen LogP contribution in [-0.2, 0) is 4.79 Å². The van der Waals surface area contributed by atoms with Gasteiger partial charge in [-0.2, -0.15) is 5.10 Å². The quantitative estimate of drug-likeness (QED) is 0.887. The highest BCUT2D eigenvalue weighted by molar-refractivity contribution is 6.30. The van der Waals surface area contributed by atoms with Gasteiger partial charge < -0.3 is 10.1 Å². The first-order chi connectivity index (χ1) is 10.5. The predicted octanol–water partition coefficient (Wildman–Crippen LogP) is 3.37. The molecule has 1 amide bonds. The zero-order valence-electron chi connectivity index (χ0n) is 12.9. The largest absolute Gasteiger partial charge is 0.497 e. The Kier molecular flexibility index (Phi) is 5.44. The molecule has 22 heavy (non-hydrogen) atoms. The smallest absolute Gasteiger partial charge is 0.245 e. The number of nitrogens with one attached hydrogen (secondary N) is 1. The van der Waals surface area contributed by atoms with Gasteiger partial charge in [0.05, 0.1) is 24.4 Å². The molecule has 0 aliphatic carbocycles. The topological polar surface area (TPSA) is 56.2 Å². The Balaban J connectivity index is 2.06. The molecule has 0 fully saturated rings. The van der Waals surface area contributed by atoms with E-state index in [-0.39, 0.29) is 11.9 Å². The second kappa shape index (κ2) is 7.31. The van der Waals surface area contributed by atoms with E-state index in [1.165, 1.54) is 6.20 Å². The van der Waals surface area contributed by atoms with Gasteiger partial charge in [0.1, 0.15) is 11.8 Å². The SMILES string of the molecule is CC[C@H](NC(=O)[C@@H](C)n1cc(Cl)cn1)c1ccc(OC)cc1. The zero-order chi connectivity index (χ0) is 16.1. The van der Waals surface area contributed by atoms with Crippen LogP contribution in [0.5, 0.6) is 5.75 Å². The van der Waals surface area contributed by atoms with Crippen molar-refractivity contribution in [3.63, 3.8) is 0 Å². The fraction of sp³-hybridized carbons (Fsp3) is 0.375. The van der Waals surface area contributed by atoms with Crippen LogP contribution in [0.25, 0.3) is 0 Å². The van der Waals surface area contributed by atoms with E-state index in [0.29, 0.717) is 5.02 Å². The standard InChI is InChI=1S/C16H20ClN3O2/c1-4-15(12-5-7-14(22-3)8-6-12)19-16(21)11(2)20-10-13(17)9-18-20/h5-11,15H,4H2,1-3H3,(H,19,21)/t11-,15+/m1/s1. The molecule has 0 aliphatic rings. The summed E-state index contributed by atoms with van der Waals surface area (Å²) in [6.45, 7) is 3.82. The van der Waals surface area contributed by atoms with Gasteiger partial charge in [0.2, 0.25) is 5.91 Å². The minimum Gasteiger partial charge on any atom is -0.497 e. The number of hydrogen-bond acceptors (Lipinski definition) is 3. The Labute approximate surface area is 135 Å². The first-order valence-corrected chi connectivity index (χ1v) is 7.57. The van der Waals surface area contributed by atoms with Crippen LogP contribution in [0.4, 0.5) is 0 Å². The van der Waals surface area contributed by atoms with E-state index in [0.717, 1.165) is 17.7 Å². The summed E-state index contributed by atoms with van der Waals surface area (Å²) in [7, 11) is 1.63. The molecule has 1 aromatic carbocycles. The Morgan fingerprint density at radius 2 is 2.09 bits per heavy atom. The lowest BCUT2D eigenvalue weighted by atomic mass is 10.0. The summed E-state index contributed by atoms with van der Waals surface area (Å²) in [5.41, 5.74) is 1.04. The molecule has 0 saturated carbocycles. The molecule has 0 aliphatic heterocycles. The molecule has 0 spiro atoms. The van der Waals surface area contributed by atoms with Gasteiger partial charge in [0.15, 0.2) is 0 Å². The van der Waals surface area contributed by atoms with Crippen LogP contribution in [0.15, 0.2) is 36.7 Å². The Hall–Kier alpha value is -2.01. The molecule has 1 aromatic heterocycles. The number of benzene rings is 1. The summed E-state index contributed by atoms with van der Waals surface area (Å²) in [5.74, 6) is 0.701. The van der Waals surface area contributed by atoms with Crippen LogP contribution in [0.1, 0.15) is 37.9 Å². The van der Waals surface area contributed by atoms with Crippen molar-refractivity contribution >= 4 is 17.5 Å². The molecule has 118 valence electrons. The van der Waals surface area contributed by atoms with Crippen molar-refractivity contribution in [3.8, 4) is 5.75 Å². The molecular formula is C16H20ClN3O2. The third-order valence-corrected chi connectivity index (χ3v) is 3.78. The van der Waals surface area contributed by atoms with Gasteiger partial charge in [-0.05, 0) is 31.0 Å². The summed E-state index contributed by atoms with van der Waals surface area (Å²) in [6.07, 6.45) is 3.96. The second-order valence-electron chi connectivity index (χ2n) is 5.06. The predicted molar refractivity (Wildman–Crippen MR) is 86.1 cm³/mol. The number of nitrogens with zero attached hydrogens (tertiary/aromatic N) is 2. The molecule has 1 N–H and O–H groups in total. The first-order valence-electron chi connectivity index (χ1n) is 7.19. The highest BCUT2D eigenvalue weighted by Crippen LogP contribution is 2.21.